The lowest BCUT2D eigenvalue weighted by Crippen LogP contribution is -2.59. The summed E-state index contributed by atoms with van der Waals surface area (Å²) in [6.07, 6.45) is 1.76. The molecular formula is C35H46ClN5O8S. The third-order valence-electron chi connectivity index (χ3n) is 7.82. The molecule has 0 saturated heterocycles. The van der Waals surface area contributed by atoms with Crippen LogP contribution < -0.4 is 25.4 Å². The zero-order chi connectivity index (χ0) is 35.8. The van der Waals surface area contributed by atoms with E-state index in [1.54, 1.807) is 20.8 Å². The first-order valence-corrected chi connectivity index (χ1v) is 17.5. The molecule has 2 heterocycles. The predicted molar refractivity (Wildman–Crippen MR) is 189 cm³/mol. The molecule has 2 aromatic carbocycles. The van der Waals surface area contributed by atoms with Crippen molar-refractivity contribution in [1.29, 1.82) is 0 Å². The minimum absolute atomic E-state index is 0. The van der Waals surface area contributed by atoms with Crippen LogP contribution in [0.5, 0.6) is 11.5 Å². The Kier molecular flexibility index (Phi) is 14.2. The summed E-state index contributed by atoms with van der Waals surface area (Å²) in [5.41, 5.74) is 0.359. The van der Waals surface area contributed by atoms with Gasteiger partial charge in [0.1, 0.15) is 6.04 Å². The van der Waals surface area contributed by atoms with E-state index in [4.69, 9.17) is 9.47 Å². The molecular weight excluding hydrogens is 686 g/mol. The number of pyridine rings is 1. The lowest BCUT2D eigenvalue weighted by Gasteiger charge is -2.34. The molecule has 0 bridgehead atoms. The first-order valence-electron chi connectivity index (χ1n) is 16.0. The van der Waals surface area contributed by atoms with E-state index in [-0.39, 0.29) is 56.1 Å². The van der Waals surface area contributed by atoms with E-state index in [1.807, 2.05) is 44.2 Å². The third-order valence-corrected chi connectivity index (χ3v) is 9.65. The number of amides is 3. The lowest BCUT2D eigenvalue weighted by atomic mass is 9.85. The number of halogens is 1. The summed E-state index contributed by atoms with van der Waals surface area (Å²) in [6, 6.07) is 14.6. The van der Waals surface area contributed by atoms with E-state index in [1.165, 1.54) is 47.0 Å². The Morgan fingerprint density at radius 1 is 0.940 bits per heavy atom. The van der Waals surface area contributed by atoms with Gasteiger partial charge >= 0.3 is 0 Å². The van der Waals surface area contributed by atoms with Crippen LogP contribution in [-0.2, 0) is 26.0 Å². The van der Waals surface area contributed by atoms with Crippen molar-refractivity contribution < 1.29 is 37.4 Å². The van der Waals surface area contributed by atoms with Gasteiger partial charge in [-0.05, 0) is 47.6 Å². The number of aliphatic hydroxyl groups is 1. The van der Waals surface area contributed by atoms with Crippen molar-refractivity contribution in [3.05, 3.63) is 84.2 Å². The molecule has 272 valence electrons. The minimum Gasteiger partial charge on any atom is -0.454 e. The lowest BCUT2D eigenvalue weighted by molar-refractivity contribution is -0.132. The van der Waals surface area contributed by atoms with Gasteiger partial charge in [0.2, 0.25) is 28.6 Å². The molecule has 4 rings (SSSR count). The van der Waals surface area contributed by atoms with Crippen LogP contribution in [0.2, 0.25) is 0 Å². The first kappa shape index (κ1) is 40.2. The number of fused-ring (bicyclic) bond motifs is 1. The summed E-state index contributed by atoms with van der Waals surface area (Å²) in [7, 11) is -4.11. The van der Waals surface area contributed by atoms with Crippen molar-refractivity contribution in [2.24, 2.45) is 11.3 Å². The number of rotatable bonds is 15. The quantitative estimate of drug-likeness (QED) is 0.183. The smallest absolute Gasteiger partial charge is 0.251 e. The van der Waals surface area contributed by atoms with Gasteiger partial charge in [-0.3, -0.25) is 19.4 Å². The van der Waals surface area contributed by atoms with Crippen LogP contribution in [0.25, 0.3) is 0 Å². The number of ether oxygens (including phenoxy) is 2. The molecule has 0 aliphatic carbocycles. The molecule has 3 atom stereocenters. The van der Waals surface area contributed by atoms with Crippen molar-refractivity contribution in [1.82, 2.24) is 25.2 Å². The zero-order valence-electron chi connectivity index (χ0n) is 28.8. The fraction of sp³-hybridized carbons (Fsp3) is 0.429. The fourth-order valence-corrected chi connectivity index (χ4v) is 6.91. The Labute approximate surface area is 299 Å². The van der Waals surface area contributed by atoms with Crippen LogP contribution in [0, 0.1) is 11.3 Å². The largest absolute Gasteiger partial charge is 0.454 e. The molecule has 0 spiro atoms. The van der Waals surface area contributed by atoms with Crippen molar-refractivity contribution in [3.8, 4) is 11.5 Å². The number of nitrogens with zero attached hydrogens (tertiary/aromatic N) is 2. The van der Waals surface area contributed by atoms with Gasteiger partial charge in [-0.25, -0.2) is 8.42 Å². The molecule has 13 nitrogen and oxygen atoms in total. The number of aromatic nitrogens is 1. The predicted octanol–water partition coefficient (Wildman–Crippen LogP) is 2.93. The number of aliphatic hydroxyl groups excluding tert-OH is 1. The summed E-state index contributed by atoms with van der Waals surface area (Å²) >= 11 is 0. The Balaban J connectivity index is 0.00000676. The Bertz CT molecular complexity index is 1700. The SMILES string of the molecule is CC(C)CN(C[C@@H](O)[C@H](Cc1ccccc1)NC(=O)[C@@H](NC(=O)CNC(=O)c1ccncc1)C(C)(C)C)S(=O)(=O)c1ccc2c(c1)OCO2.Cl. The molecule has 0 saturated carbocycles. The van der Waals surface area contributed by atoms with Crippen molar-refractivity contribution >= 4 is 40.2 Å². The van der Waals surface area contributed by atoms with Gasteiger partial charge in [0.15, 0.2) is 11.5 Å². The standard InChI is InChI=1S/C35H45N5O8S.ClH/c1-23(2)20-40(49(45,46)26-11-12-29-30(18-26)48-22-47-29)21-28(41)27(17-24-9-7-6-8-10-24)38-34(44)32(35(3,4)5)39-31(42)19-37-33(43)25-13-15-36-16-14-25;/h6-16,18,23,27-28,32,41H,17,19-22H2,1-5H3,(H,37,43)(H,38,44)(H,39,42);1H/t27-,28+,32+;/m0./s1. The second kappa shape index (κ2) is 17.6. The summed E-state index contributed by atoms with van der Waals surface area (Å²) in [5, 5.41) is 19.8. The number of nitrogens with one attached hydrogen (secondary N) is 3. The van der Waals surface area contributed by atoms with Crippen LogP contribution in [0.1, 0.15) is 50.5 Å². The second-order valence-electron chi connectivity index (χ2n) is 13.4. The molecule has 3 amide bonds. The zero-order valence-corrected chi connectivity index (χ0v) is 30.4. The van der Waals surface area contributed by atoms with Gasteiger partial charge in [-0.1, -0.05) is 65.0 Å². The molecule has 15 heteroatoms. The highest BCUT2D eigenvalue weighted by Gasteiger charge is 2.37. The summed E-state index contributed by atoms with van der Waals surface area (Å²) in [6.45, 7) is 8.46. The topological polar surface area (TPSA) is 176 Å². The van der Waals surface area contributed by atoms with Gasteiger partial charge < -0.3 is 30.5 Å². The summed E-state index contributed by atoms with van der Waals surface area (Å²) < 4.78 is 39.8. The maximum Gasteiger partial charge on any atom is 0.251 e. The number of hydrogen-bond acceptors (Lipinski definition) is 9. The monoisotopic (exact) mass is 731 g/mol. The number of carbonyl (C=O) groups is 3. The van der Waals surface area contributed by atoms with E-state index in [0.717, 1.165) is 5.56 Å². The molecule has 4 N–H and O–H groups in total. The minimum atomic E-state index is -4.11. The fourth-order valence-electron chi connectivity index (χ4n) is 5.27. The van der Waals surface area contributed by atoms with Gasteiger partial charge in [0.05, 0.1) is 23.6 Å². The second-order valence-corrected chi connectivity index (χ2v) is 15.3. The van der Waals surface area contributed by atoms with E-state index in [9.17, 15) is 27.9 Å². The Morgan fingerprint density at radius 2 is 1.60 bits per heavy atom. The van der Waals surface area contributed by atoms with Crippen LogP contribution >= 0.6 is 12.4 Å². The van der Waals surface area contributed by atoms with Crippen molar-refractivity contribution in [2.45, 2.75) is 64.1 Å². The van der Waals surface area contributed by atoms with E-state index < -0.39 is 51.3 Å². The van der Waals surface area contributed by atoms with Gasteiger partial charge in [-0.2, -0.15) is 4.31 Å². The van der Waals surface area contributed by atoms with Crippen molar-refractivity contribution in [3.63, 3.8) is 0 Å². The number of hydrogen-bond donors (Lipinski definition) is 4. The van der Waals surface area contributed by atoms with Crippen LogP contribution in [0.15, 0.2) is 78.0 Å². The summed E-state index contributed by atoms with van der Waals surface area (Å²) in [4.78, 5) is 43.1. The van der Waals surface area contributed by atoms with Crippen LogP contribution in [-0.4, -0.2) is 85.1 Å². The molecule has 0 radical (unpaired) electrons. The maximum atomic E-state index is 13.9. The van der Waals surface area contributed by atoms with E-state index in [0.29, 0.717) is 17.1 Å². The highest BCUT2D eigenvalue weighted by molar-refractivity contribution is 7.89. The number of benzene rings is 2. The molecule has 1 aliphatic rings. The highest BCUT2D eigenvalue weighted by Crippen LogP contribution is 2.35. The van der Waals surface area contributed by atoms with Gasteiger partial charge in [0.25, 0.3) is 5.91 Å². The van der Waals surface area contributed by atoms with Crippen LogP contribution in [0.3, 0.4) is 0 Å². The number of carbonyl (C=O) groups excluding carboxylic acids is 3. The average Bonchev–Trinajstić information content (AvgIpc) is 3.54. The van der Waals surface area contributed by atoms with Crippen LogP contribution in [0.4, 0.5) is 0 Å². The molecule has 3 aromatic rings. The molecule has 1 aromatic heterocycles. The van der Waals surface area contributed by atoms with Crippen molar-refractivity contribution in [2.75, 3.05) is 26.4 Å². The number of sulfonamides is 1. The Hall–Kier alpha value is -4.24. The van der Waals surface area contributed by atoms with Gasteiger partial charge in [-0.15, -0.1) is 12.4 Å². The first-order chi connectivity index (χ1) is 23.1. The summed E-state index contributed by atoms with van der Waals surface area (Å²) in [5.74, 6) is -0.963. The molecule has 0 unspecified atom stereocenters. The molecule has 50 heavy (non-hydrogen) atoms. The average molecular weight is 732 g/mol. The normalized spacial score (nSPS) is 14.3. The molecule has 1 aliphatic heterocycles. The third kappa shape index (κ3) is 10.9. The highest BCUT2D eigenvalue weighted by atomic mass is 35.5. The van der Waals surface area contributed by atoms with E-state index >= 15 is 0 Å². The maximum absolute atomic E-state index is 13.9. The molecule has 0 fully saturated rings. The Morgan fingerprint density at radius 3 is 2.24 bits per heavy atom. The van der Waals surface area contributed by atoms with Gasteiger partial charge in [0, 0.05) is 37.1 Å². The van der Waals surface area contributed by atoms with E-state index in [2.05, 4.69) is 20.9 Å².